The maximum atomic E-state index is 11.9. The summed E-state index contributed by atoms with van der Waals surface area (Å²) in [4.78, 5) is 11.9. The first-order chi connectivity index (χ1) is 9.16. The lowest BCUT2D eigenvalue weighted by atomic mass is 10.2. The Morgan fingerprint density at radius 3 is 2.74 bits per heavy atom. The lowest BCUT2D eigenvalue weighted by Gasteiger charge is -2.09. The van der Waals surface area contributed by atoms with Crippen molar-refractivity contribution >= 4 is 34.8 Å². The van der Waals surface area contributed by atoms with E-state index >= 15 is 0 Å². The van der Waals surface area contributed by atoms with Crippen LogP contribution in [0, 0.1) is 0 Å². The second-order valence-electron chi connectivity index (χ2n) is 3.70. The molecule has 19 heavy (non-hydrogen) atoms. The van der Waals surface area contributed by atoms with Crippen molar-refractivity contribution < 1.29 is 9.21 Å². The highest BCUT2D eigenvalue weighted by atomic mass is 35.5. The van der Waals surface area contributed by atoms with Gasteiger partial charge in [-0.3, -0.25) is 10.1 Å². The van der Waals surface area contributed by atoms with E-state index in [2.05, 4.69) is 10.6 Å². The summed E-state index contributed by atoms with van der Waals surface area (Å²) in [5.41, 5.74) is 0.381. The first-order valence-electron chi connectivity index (χ1n) is 5.53. The van der Waals surface area contributed by atoms with Gasteiger partial charge in [-0.1, -0.05) is 23.7 Å². The molecule has 0 aliphatic carbocycles. The van der Waals surface area contributed by atoms with E-state index in [0.29, 0.717) is 17.1 Å². The topological polar surface area (TPSA) is 54.3 Å². The van der Waals surface area contributed by atoms with Gasteiger partial charge in [0.15, 0.2) is 5.11 Å². The zero-order chi connectivity index (χ0) is 13.7. The summed E-state index contributed by atoms with van der Waals surface area (Å²) in [6.45, 7) is 0.411. The van der Waals surface area contributed by atoms with E-state index in [0.717, 1.165) is 5.76 Å². The molecule has 0 fully saturated rings. The van der Waals surface area contributed by atoms with Crippen molar-refractivity contribution in [2.45, 2.75) is 6.54 Å². The summed E-state index contributed by atoms with van der Waals surface area (Å²) in [6.07, 6.45) is 1.57. The van der Waals surface area contributed by atoms with Gasteiger partial charge in [-0.25, -0.2) is 0 Å². The zero-order valence-corrected chi connectivity index (χ0v) is 11.4. The number of hydrogen-bond acceptors (Lipinski definition) is 3. The monoisotopic (exact) mass is 294 g/mol. The van der Waals surface area contributed by atoms with Gasteiger partial charge >= 0.3 is 0 Å². The maximum Gasteiger partial charge on any atom is 0.258 e. The van der Waals surface area contributed by atoms with E-state index in [1.807, 2.05) is 6.07 Å². The second-order valence-corrected chi connectivity index (χ2v) is 4.51. The molecule has 98 valence electrons. The molecule has 0 unspecified atom stereocenters. The Balaban J connectivity index is 1.89. The van der Waals surface area contributed by atoms with Crippen LogP contribution in [0.4, 0.5) is 0 Å². The molecule has 2 N–H and O–H groups in total. The average Bonchev–Trinajstić information content (AvgIpc) is 2.90. The van der Waals surface area contributed by atoms with Gasteiger partial charge in [0.2, 0.25) is 0 Å². The molecule has 0 spiro atoms. The minimum absolute atomic E-state index is 0.223. The number of halogens is 1. The van der Waals surface area contributed by atoms with Gasteiger partial charge in [0.25, 0.3) is 5.91 Å². The Bertz CT molecular complexity index is 584. The first-order valence-corrected chi connectivity index (χ1v) is 6.31. The number of rotatable bonds is 3. The molecule has 0 aliphatic rings. The SMILES string of the molecule is O=C(NC(=S)NCc1ccco1)c1ccccc1Cl. The fourth-order valence-electron chi connectivity index (χ4n) is 1.44. The standard InChI is InChI=1S/C13H11ClN2O2S/c14-11-6-2-1-5-10(11)12(17)16-13(19)15-8-9-4-3-7-18-9/h1-7H,8H2,(H2,15,16,17,19). The van der Waals surface area contributed by atoms with Crippen molar-refractivity contribution in [3.63, 3.8) is 0 Å². The van der Waals surface area contributed by atoms with Gasteiger partial charge in [0, 0.05) is 0 Å². The number of carbonyl (C=O) groups is 1. The summed E-state index contributed by atoms with van der Waals surface area (Å²) in [5, 5.41) is 6.03. The minimum atomic E-state index is -0.345. The van der Waals surface area contributed by atoms with E-state index in [1.165, 1.54) is 0 Å². The molecule has 0 aliphatic heterocycles. The highest BCUT2D eigenvalue weighted by molar-refractivity contribution is 7.80. The third-order valence-corrected chi connectivity index (χ3v) is 2.92. The molecule has 1 aromatic carbocycles. The Labute approximate surface area is 120 Å². The predicted octanol–water partition coefficient (Wildman–Crippen LogP) is 2.74. The highest BCUT2D eigenvalue weighted by Crippen LogP contribution is 2.14. The van der Waals surface area contributed by atoms with Gasteiger partial charge < -0.3 is 9.73 Å². The summed E-state index contributed by atoms with van der Waals surface area (Å²) in [7, 11) is 0. The number of carbonyl (C=O) groups excluding carboxylic acids is 1. The van der Waals surface area contributed by atoms with Crippen molar-refractivity contribution in [1.29, 1.82) is 0 Å². The predicted molar refractivity (Wildman–Crippen MR) is 77.1 cm³/mol. The van der Waals surface area contributed by atoms with Crippen molar-refractivity contribution in [1.82, 2.24) is 10.6 Å². The number of hydrogen-bond donors (Lipinski definition) is 2. The van der Waals surface area contributed by atoms with Gasteiger partial charge in [-0.2, -0.15) is 0 Å². The summed E-state index contributed by atoms with van der Waals surface area (Å²) in [5.74, 6) is 0.386. The number of benzene rings is 1. The number of nitrogens with one attached hydrogen (secondary N) is 2. The summed E-state index contributed by atoms with van der Waals surface area (Å²) < 4.78 is 5.14. The fraction of sp³-hybridized carbons (Fsp3) is 0.0769. The molecule has 0 atom stereocenters. The maximum absolute atomic E-state index is 11.9. The van der Waals surface area contributed by atoms with E-state index in [9.17, 15) is 4.79 Å². The quantitative estimate of drug-likeness (QED) is 0.855. The van der Waals surface area contributed by atoms with Crippen LogP contribution in [0.1, 0.15) is 16.1 Å². The molecule has 0 saturated carbocycles. The van der Waals surface area contributed by atoms with Crippen molar-refractivity contribution in [2.24, 2.45) is 0 Å². The second kappa shape index (κ2) is 6.36. The van der Waals surface area contributed by atoms with Crippen molar-refractivity contribution in [3.8, 4) is 0 Å². The average molecular weight is 295 g/mol. The smallest absolute Gasteiger partial charge is 0.258 e. The summed E-state index contributed by atoms with van der Waals surface area (Å²) in [6, 6.07) is 10.4. The molecule has 2 rings (SSSR count). The van der Waals surface area contributed by atoms with Crippen LogP contribution >= 0.6 is 23.8 Å². The Morgan fingerprint density at radius 2 is 2.05 bits per heavy atom. The van der Waals surface area contributed by atoms with Crippen LogP contribution in [0.5, 0.6) is 0 Å². The normalized spacial score (nSPS) is 9.95. The van der Waals surface area contributed by atoms with Crippen LogP contribution in [-0.2, 0) is 6.54 Å². The largest absolute Gasteiger partial charge is 0.467 e. The van der Waals surface area contributed by atoms with E-state index in [4.69, 9.17) is 28.2 Å². The van der Waals surface area contributed by atoms with Crippen molar-refractivity contribution in [2.75, 3.05) is 0 Å². The van der Waals surface area contributed by atoms with Crippen molar-refractivity contribution in [3.05, 3.63) is 59.0 Å². The Morgan fingerprint density at radius 1 is 1.26 bits per heavy atom. The van der Waals surface area contributed by atoms with Crippen LogP contribution in [0.2, 0.25) is 5.02 Å². The van der Waals surface area contributed by atoms with Crippen LogP contribution in [-0.4, -0.2) is 11.0 Å². The molecule has 0 saturated heterocycles. The molecule has 4 nitrogen and oxygen atoms in total. The highest BCUT2D eigenvalue weighted by Gasteiger charge is 2.10. The molecule has 2 aromatic rings. The lowest BCUT2D eigenvalue weighted by molar-refractivity contribution is 0.0976. The number of amides is 1. The molecule has 6 heteroatoms. The fourth-order valence-corrected chi connectivity index (χ4v) is 1.83. The Hall–Kier alpha value is -1.85. The third-order valence-electron chi connectivity index (χ3n) is 2.35. The van der Waals surface area contributed by atoms with Gasteiger partial charge in [0.1, 0.15) is 5.76 Å². The zero-order valence-electron chi connectivity index (χ0n) is 9.85. The van der Waals surface area contributed by atoms with Gasteiger partial charge in [-0.05, 0) is 36.5 Å². The molecule has 1 heterocycles. The molecule has 1 aromatic heterocycles. The third kappa shape index (κ3) is 3.81. The van der Waals surface area contributed by atoms with Gasteiger partial charge in [-0.15, -0.1) is 0 Å². The number of thiocarbonyl (C=S) groups is 1. The molecule has 0 radical (unpaired) electrons. The molecule has 0 bridgehead atoms. The molecular formula is C13H11ClN2O2S. The number of furan rings is 1. The first kappa shape index (κ1) is 13.6. The van der Waals surface area contributed by atoms with E-state index in [-0.39, 0.29) is 11.0 Å². The van der Waals surface area contributed by atoms with E-state index < -0.39 is 0 Å². The van der Waals surface area contributed by atoms with E-state index in [1.54, 1.807) is 36.6 Å². The van der Waals surface area contributed by atoms with Crippen LogP contribution in [0.15, 0.2) is 47.1 Å². The molecule has 1 amide bonds. The Kier molecular flexibility index (Phi) is 4.54. The summed E-state index contributed by atoms with van der Waals surface area (Å²) >= 11 is 10.9. The lowest BCUT2D eigenvalue weighted by Crippen LogP contribution is -2.38. The van der Waals surface area contributed by atoms with Crippen LogP contribution in [0.3, 0.4) is 0 Å². The van der Waals surface area contributed by atoms with Crippen LogP contribution < -0.4 is 10.6 Å². The minimum Gasteiger partial charge on any atom is -0.467 e. The van der Waals surface area contributed by atoms with Gasteiger partial charge in [0.05, 0.1) is 23.4 Å². The molecular weight excluding hydrogens is 284 g/mol. The van der Waals surface area contributed by atoms with Crippen LogP contribution in [0.25, 0.3) is 0 Å².